The second-order valence-electron chi connectivity index (χ2n) is 5.99. The highest BCUT2D eigenvalue weighted by Gasteiger charge is 2.30. The molecule has 3 N–H and O–H groups in total. The Morgan fingerprint density at radius 2 is 1.82 bits per heavy atom. The Morgan fingerprint density at radius 3 is 2.36 bits per heavy atom. The summed E-state index contributed by atoms with van der Waals surface area (Å²) in [4.78, 5) is 3.99. The van der Waals surface area contributed by atoms with Crippen LogP contribution in [-0.4, -0.2) is 14.3 Å². The molecule has 22 heavy (non-hydrogen) atoms. The largest absolute Gasteiger partial charge is 0.598 e. The van der Waals surface area contributed by atoms with Gasteiger partial charge in [0.2, 0.25) is 0 Å². The first-order valence-electron chi connectivity index (χ1n) is 6.92. The van der Waals surface area contributed by atoms with Gasteiger partial charge in [0.15, 0.2) is 0 Å². The van der Waals surface area contributed by atoms with Gasteiger partial charge < -0.3 is 10.3 Å². The molecule has 6 heteroatoms. The number of halogens is 1. The number of rotatable bonds is 4. The summed E-state index contributed by atoms with van der Waals surface area (Å²) in [6, 6.07) is 7.83. The van der Waals surface area contributed by atoms with Crippen molar-refractivity contribution in [1.29, 1.82) is 0 Å². The maximum absolute atomic E-state index is 13.4. The number of hydrogen-bond donors (Lipinski definition) is 2. The van der Waals surface area contributed by atoms with Gasteiger partial charge >= 0.3 is 0 Å². The van der Waals surface area contributed by atoms with Crippen LogP contribution >= 0.6 is 0 Å². The number of hydrogen-bond acceptors (Lipinski definition) is 4. The maximum atomic E-state index is 13.4. The van der Waals surface area contributed by atoms with E-state index in [1.54, 1.807) is 24.5 Å². The fourth-order valence-corrected chi connectivity index (χ4v) is 2.75. The molecule has 0 spiro atoms. The molecule has 0 bridgehead atoms. The first-order valence-corrected chi connectivity index (χ1v) is 8.07. The zero-order valence-electron chi connectivity index (χ0n) is 12.8. The van der Waals surface area contributed by atoms with Crippen LogP contribution in [0.1, 0.15) is 37.9 Å². The Labute approximate surface area is 133 Å². The molecule has 0 aliphatic rings. The predicted octanol–water partition coefficient (Wildman–Crippen LogP) is 2.94. The van der Waals surface area contributed by atoms with Crippen LogP contribution in [0.25, 0.3) is 0 Å². The smallest absolute Gasteiger partial charge is 0.146 e. The molecule has 0 unspecified atom stereocenters. The molecular weight excluding hydrogens is 301 g/mol. The molecule has 1 aromatic heterocycles. The van der Waals surface area contributed by atoms with E-state index in [-0.39, 0.29) is 11.7 Å². The summed E-state index contributed by atoms with van der Waals surface area (Å²) < 4.78 is 28.5. The molecule has 0 saturated carbocycles. The van der Waals surface area contributed by atoms with Crippen LogP contribution in [0.3, 0.4) is 0 Å². The highest BCUT2D eigenvalue weighted by molar-refractivity contribution is 7.90. The van der Waals surface area contributed by atoms with Crippen LogP contribution < -0.4 is 10.5 Å². The summed E-state index contributed by atoms with van der Waals surface area (Å²) in [5.41, 5.74) is 7.37. The van der Waals surface area contributed by atoms with Gasteiger partial charge in [-0.2, -0.15) is 0 Å². The Morgan fingerprint density at radius 1 is 1.18 bits per heavy atom. The van der Waals surface area contributed by atoms with Crippen LogP contribution in [0.2, 0.25) is 0 Å². The van der Waals surface area contributed by atoms with Gasteiger partial charge in [-0.05, 0) is 56.2 Å². The molecule has 0 amide bonds. The lowest BCUT2D eigenvalue weighted by Gasteiger charge is -2.28. The van der Waals surface area contributed by atoms with Crippen molar-refractivity contribution in [1.82, 2.24) is 9.71 Å². The van der Waals surface area contributed by atoms with Crippen molar-refractivity contribution in [2.45, 2.75) is 31.6 Å². The topological polar surface area (TPSA) is 74.0 Å². The Hall–Kier alpha value is -1.63. The number of pyridine rings is 1. The number of nitrogens with zero attached hydrogens (tertiary/aromatic N) is 1. The summed E-state index contributed by atoms with van der Waals surface area (Å²) in [6.45, 7) is 5.66. The minimum atomic E-state index is -1.29. The Bertz CT molecular complexity index is 631. The van der Waals surface area contributed by atoms with E-state index in [9.17, 15) is 8.94 Å². The molecule has 0 aliphatic heterocycles. The van der Waals surface area contributed by atoms with Gasteiger partial charge in [0.05, 0.1) is 5.69 Å². The van der Waals surface area contributed by atoms with Gasteiger partial charge in [-0.25, -0.2) is 4.39 Å². The molecule has 0 saturated heterocycles. The monoisotopic (exact) mass is 321 g/mol. The van der Waals surface area contributed by atoms with Crippen molar-refractivity contribution >= 4 is 17.0 Å². The average molecular weight is 321 g/mol. The predicted molar refractivity (Wildman–Crippen MR) is 87.9 cm³/mol. The van der Waals surface area contributed by atoms with Gasteiger partial charge in [-0.3, -0.25) is 4.98 Å². The van der Waals surface area contributed by atoms with Gasteiger partial charge in [0, 0.05) is 23.8 Å². The highest BCUT2D eigenvalue weighted by Crippen LogP contribution is 2.27. The van der Waals surface area contributed by atoms with E-state index in [4.69, 9.17) is 5.73 Å². The van der Waals surface area contributed by atoms with Crippen LogP contribution in [0.4, 0.5) is 10.1 Å². The number of benzene rings is 1. The molecule has 0 aliphatic carbocycles. The second-order valence-corrected chi connectivity index (χ2v) is 7.99. The second kappa shape index (κ2) is 6.64. The fourth-order valence-electron chi connectivity index (χ4n) is 1.91. The van der Waals surface area contributed by atoms with Crippen molar-refractivity contribution in [3.63, 3.8) is 0 Å². The minimum absolute atomic E-state index is 0.0693. The van der Waals surface area contributed by atoms with Gasteiger partial charge in [-0.15, -0.1) is 4.72 Å². The lowest BCUT2D eigenvalue weighted by Crippen LogP contribution is -2.41. The van der Waals surface area contributed by atoms with E-state index in [0.29, 0.717) is 0 Å². The highest BCUT2D eigenvalue weighted by atomic mass is 32.2. The van der Waals surface area contributed by atoms with E-state index in [0.717, 1.165) is 11.1 Å². The molecule has 2 aromatic rings. The summed E-state index contributed by atoms with van der Waals surface area (Å²) in [7, 11) is 0. The van der Waals surface area contributed by atoms with Crippen molar-refractivity contribution in [2.24, 2.45) is 0 Å². The van der Waals surface area contributed by atoms with Crippen LogP contribution in [-0.2, 0) is 11.4 Å². The van der Waals surface area contributed by atoms with E-state index >= 15 is 0 Å². The quantitative estimate of drug-likeness (QED) is 0.671. The normalized spacial score (nSPS) is 14.6. The van der Waals surface area contributed by atoms with Crippen molar-refractivity contribution < 1.29 is 8.94 Å². The summed E-state index contributed by atoms with van der Waals surface area (Å²) in [6.07, 6.45) is 3.33. The molecule has 2 rings (SSSR count). The molecule has 1 heterocycles. The molecule has 0 radical (unpaired) electrons. The standard InChI is InChI=1S/C16H20FN3OS/c1-16(2,3)22(21)20-15(11-6-8-19-9-7-11)12-4-5-13(17)14(18)10-12/h4-10,15,20H,18H2,1-3H3/t15-,22+/m0/s1. The van der Waals surface area contributed by atoms with E-state index in [1.807, 2.05) is 32.9 Å². The number of aromatic nitrogens is 1. The van der Waals surface area contributed by atoms with Crippen molar-refractivity contribution in [3.05, 3.63) is 59.7 Å². The number of nitrogen functional groups attached to an aromatic ring is 1. The number of nitrogens with one attached hydrogen (secondary N) is 1. The molecule has 4 nitrogen and oxygen atoms in total. The summed E-state index contributed by atoms with van der Waals surface area (Å²) >= 11 is -1.29. The van der Waals surface area contributed by atoms with Crippen LogP contribution in [0, 0.1) is 5.82 Å². The zero-order valence-corrected chi connectivity index (χ0v) is 13.7. The SMILES string of the molecule is CC(C)(C)[S@@+]([O-])N[C@@H](c1ccncc1)c1ccc(F)c(N)c1. The van der Waals surface area contributed by atoms with E-state index in [1.165, 1.54) is 6.07 Å². The first-order chi connectivity index (χ1) is 10.3. The van der Waals surface area contributed by atoms with Crippen molar-refractivity contribution in [3.8, 4) is 0 Å². The van der Waals surface area contributed by atoms with Gasteiger partial charge in [-0.1, -0.05) is 6.07 Å². The van der Waals surface area contributed by atoms with Crippen LogP contribution in [0.5, 0.6) is 0 Å². The van der Waals surface area contributed by atoms with E-state index in [2.05, 4.69) is 9.71 Å². The maximum Gasteiger partial charge on any atom is 0.146 e. The molecule has 0 fully saturated rings. The number of nitrogens with two attached hydrogens (primary N) is 1. The summed E-state index contributed by atoms with van der Waals surface area (Å²) in [5, 5.41) is 0. The molecule has 2 atom stereocenters. The molecule has 118 valence electrons. The lowest BCUT2D eigenvalue weighted by molar-refractivity contribution is 0.535. The Kier molecular flexibility index (Phi) is 5.05. The van der Waals surface area contributed by atoms with E-state index < -0.39 is 21.9 Å². The third kappa shape index (κ3) is 3.97. The van der Waals surface area contributed by atoms with Crippen molar-refractivity contribution in [2.75, 3.05) is 5.73 Å². The lowest BCUT2D eigenvalue weighted by atomic mass is 10.00. The van der Waals surface area contributed by atoms with Crippen LogP contribution in [0.15, 0.2) is 42.7 Å². The van der Waals surface area contributed by atoms with Gasteiger partial charge in [0.25, 0.3) is 0 Å². The third-order valence-electron chi connectivity index (χ3n) is 3.17. The average Bonchev–Trinajstić information content (AvgIpc) is 2.47. The Balaban J connectivity index is 2.39. The molecule has 1 aromatic carbocycles. The van der Waals surface area contributed by atoms with Gasteiger partial charge in [0.1, 0.15) is 16.6 Å². The third-order valence-corrected chi connectivity index (χ3v) is 4.74. The fraction of sp³-hybridized carbons (Fsp3) is 0.312. The minimum Gasteiger partial charge on any atom is -0.598 e. The zero-order chi connectivity index (χ0) is 16.3. The first kappa shape index (κ1) is 16.7. The summed E-state index contributed by atoms with van der Waals surface area (Å²) in [5.74, 6) is -0.464. The number of anilines is 1. The molecular formula is C16H20FN3OS.